The number of aromatic nitrogens is 1. The number of carboxylic acids is 1. The molecule has 0 aliphatic rings. The van der Waals surface area contributed by atoms with E-state index in [-0.39, 0.29) is 11.1 Å². The van der Waals surface area contributed by atoms with Crippen LogP contribution in [0, 0.1) is 6.92 Å². The molecule has 1 aromatic heterocycles. The first-order valence-corrected chi connectivity index (χ1v) is 4.78. The molecule has 0 unspecified atom stereocenters. The maximum atomic E-state index is 10.7. The van der Waals surface area contributed by atoms with Gasteiger partial charge >= 0.3 is 5.97 Å². The molecular weight excluding hydrogens is 192 g/mol. The lowest BCUT2D eigenvalue weighted by molar-refractivity contribution is 0.0696. The van der Waals surface area contributed by atoms with Crippen molar-refractivity contribution >= 4 is 11.8 Å². The Hall–Kier alpha value is -1.58. The van der Waals surface area contributed by atoms with Gasteiger partial charge in [0.25, 0.3) is 0 Å². The molecule has 1 aromatic rings. The van der Waals surface area contributed by atoms with E-state index in [0.717, 1.165) is 11.4 Å². The second-order valence-corrected chi connectivity index (χ2v) is 4.57. The summed E-state index contributed by atoms with van der Waals surface area (Å²) >= 11 is 0. The third-order valence-electron chi connectivity index (χ3n) is 1.82. The van der Waals surface area contributed by atoms with Gasteiger partial charge < -0.3 is 10.4 Å². The first-order chi connectivity index (χ1) is 6.79. The Bertz CT molecular complexity index is 381. The van der Waals surface area contributed by atoms with Crippen LogP contribution in [0.3, 0.4) is 0 Å². The minimum atomic E-state index is -0.951. The lowest BCUT2D eigenvalue weighted by atomic mass is 10.1. The summed E-state index contributed by atoms with van der Waals surface area (Å²) in [5, 5.41) is 12.0. The predicted octanol–water partition coefficient (Wildman–Crippen LogP) is 2.30. The Balaban J connectivity index is 2.99. The Morgan fingerprint density at radius 3 is 2.47 bits per heavy atom. The summed E-state index contributed by atoms with van der Waals surface area (Å²) in [5.41, 5.74) is 0.972. The molecule has 0 fully saturated rings. The van der Waals surface area contributed by atoms with Crippen molar-refractivity contribution in [2.45, 2.75) is 33.2 Å². The van der Waals surface area contributed by atoms with Crippen LogP contribution in [0.1, 0.15) is 36.7 Å². The Morgan fingerprint density at radius 2 is 2.07 bits per heavy atom. The van der Waals surface area contributed by atoms with Crippen molar-refractivity contribution in [2.24, 2.45) is 0 Å². The van der Waals surface area contributed by atoms with E-state index < -0.39 is 5.97 Å². The van der Waals surface area contributed by atoms with E-state index in [0.29, 0.717) is 0 Å². The zero-order valence-corrected chi connectivity index (χ0v) is 9.46. The normalized spacial score (nSPS) is 11.2. The van der Waals surface area contributed by atoms with E-state index in [1.165, 1.54) is 6.20 Å². The molecule has 15 heavy (non-hydrogen) atoms. The number of nitrogens with one attached hydrogen (secondary N) is 1. The number of anilines is 1. The number of aryl methyl sites for hydroxylation is 1. The lowest BCUT2D eigenvalue weighted by Gasteiger charge is -2.22. The first kappa shape index (κ1) is 11.5. The number of aromatic carboxylic acids is 1. The molecule has 0 aromatic carbocycles. The van der Waals surface area contributed by atoms with E-state index in [2.05, 4.69) is 10.3 Å². The van der Waals surface area contributed by atoms with Gasteiger partial charge in [-0.05, 0) is 39.3 Å². The average Bonchev–Trinajstić information content (AvgIpc) is 2.05. The van der Waals surface area contributed by atoms with E-state index in [1.54, 1.807) is 6.07 Å². The molecular formula is C11H16N2O2. The highest BCUT2D eigenvalue weighted by Gasteiger charge is 2.13. The van der Waals surface area contributed by atoms with Gasteiger partial charge in [-0.25, -0.2) is 9.78 Å². The molecule has 82 valence electrons. The van der Waals surface area contributed by atoms with Gasteiger partial charge in [-0.2, -0.15) is 0 Å². The summed E-state index contributed by atoms with van der Waals surface area (Å²) in [5.74, 6) is -0.222. The summed E-state index contributed by atoms with van der Waals surface area (Å²) in [6, 6.07) is 1.61. The molecule has 0 radical (unpaired) electrons. The molecule has 0 aliphatic carbocycles. The maximum absolute atomic E-state index is 10.7. The van der Waals surface area contributed by atoms with Gasteiger partial charge in [-0.3, -0.25) is 0 Å². The van der Waals surface area contributed by atoms with Gasteiger partial charge in [0.15, 0.2) is 0 Å². The number of nitrogens with zero attached hydrogens (tertiary/aromatic N) is 1. The van der Waals surface area contributed by atoms with Gasteiger partial charge in [0.2, 0.25) is 0 Å². The van der Waals surface area contributed by atoms with E-state index >= 15 is 0 Å². The molecule has 2 N–H and O–H groups in total. The topological polar surface area (TPSA) is 62.2 Å². The second kappa shape index (κ2) is 3.88. The SMILES string of the molecule is Cc1cc(C(=O)O)cnc1NC(C)(C)C. The Labute approximate surface area is 89.3 Å². The summed E-state index contributed by atoms with van der Waals surface area (Å²) in [7, 11) is 0. The first-order valence-electron chi connectivity index (χ1n) is 4.78. The zero-order chi connectivity index (χ0) is 11.6. The molecule has 0 saturated heterocycles. The van der Waals surface area contributed by atoms with E-state index in [1.807, 2.05) is 27.7 Å². The fourth-order valence-electron chi connectivity index (χ4n) is 1.18. The lowest BCUT2D eigenvalue weighted by Crippen LogP contribution is -2.27. The second-order valence-electron chi connectivity index (χ2n) is 4.57. The fraction of sp³-hybridized carbons (Fsp3) is 0.455. The molecule has 0 bridgehead atoms. The smallest absolute Gasteiger partial charge is 0.337 e. The number of carboxylic acid groups (broad SMARTS) is 1. The Morgan fingerprint density at radius 1 is 1.47 bits per heavy atom. The van der Waals surface area contributed by atoms with Crippen LogP contribution >= 0.6 is 0 Å². The zero-order valence-electron chi connectivity index (χ0n) is 9.46. The number of pyridine rings is 1. The van der Waals surface area contributed by atoms with Crippen LogP contribution in [0.15, 0.2) is 12.3 Å². The fourth-order valence-corrected chi connectivity index (χ4v) is 1.18. The number of rotatable bonds is 2. The van der Waals surface area contributed by atoms with Crippen molar-refractivity contribution in [3.05, 3.63) is 23.4 Å². The average molecular weight is 208 g/mol. The minimum absolute atomic E-state index is 0.0809. The molecule has 1 heterocycles. The molecule has 0 saturated carbocycles. The minimum Gasteiger partial charge on any atom is -0.478 e. The highest BCUT2D eigenvalue weighted by atomic mass is 16.4. The van der Waals surface area contributed by atoms with E-state index in [4.69, 9.17) is 5.11 Å². The van der Waals surface area contributed by atoms with Crippen molar-refractivity contribution in [1.29, 1.82) is 0 Å². The standard InChI is InChI=1S/C11H16N2O2/c1-7-5-8(10(14)15)6-12-9(7)13-11(2,3)4/h5-6H,1-4H3,(H,12,13)(H,14,15). The van der Waals surface area contributed by atoms with Crippen LogP contribution in [-0.2, 0) is 0 Å². The van der Waals surface area contributed by atoms with Gasteiger partial charge in [0.1, 0.15) is 5.82 Å². The van der Waals surface area contributed by atoms with Crippen LogP contribution < -0.4 is 5.32 Å². The quantitative estimate of drug-likeness (QED) is 0.782. The van der Waals surface area contributed by atoms with Crippen LogP contribution in [-0.4, -0.2) is 21.6 Å². The molecule has 0 spiro atoms. The largest absolute Gasteiger partial charge is 0.478 e. The third kappa shape index (κ3) is 3.23. The van der Waals surface area contributed by atoms with Gasteiger partial charge in [0, 0.05) is 11.7 Å². The van der Waals surface area contributed by atoms with Gasteiger partial charge in [-0.1, -0.05) is 0 Å². The van der Waals surface area contributed by atoms with Gasteiger partial charge in [-0.15, -0.1) is 0 Å². The van der Waals surface area contributed by atoms with E-state index in [9.17, 15) is 4.79 Å². The molecule has 4 nitrogen and oxygen atoms in total. The summed E-state index contributed by atoms with van der Waals surface area (Å²) in [4.78, 5) is 14.8. The van der Waals surface area contributed by atoms with Crippen LogP contribution in [0.25, 0.3) is 0 Å². The van der Waals surface area contributed by atoms with Crippen LogP contribution in [0.2, 0.25) is 0 Å². The van der Waals surface area contributed by atoms with Gasteiger partial charge in [0.05, 0.1) is 5.56 Å². The highest BCUT2D eigenvalue weighted by Crippen LogP contribution is 2.17. The maximum Gasteiger partial charge on any atom is 0.337 e. The Kier molecular flexibility index (Phi) is 2.98. The molecule has 0 amide bonds. The third-order valence-corrected chi connectivity index (χ3v) is 1.82. The van der Waals surface area contributed by atoms with Crippen molar-refractivity contribution in [2.75, 3.05) is 5.32 Å². The van der Waals surface area contributed by atoms with Crippen molar-refractivity contribution < 1.29 is 9.90 Å². The number of carbonyl (C=O) groups is 1. The molecule has 4 heteroatoms. The molecule has 1 rings (SSSR count). The van der Waals surface area contributed by atoms with Crippen LogP contribution in [0.4, 0.5) is 5.82 Å². The molecule has 0 aliphatic heterocycles. The van der Waals surface area contributed by atoms with Crippen molar-refractivity contribution in [3.8, 4) is 0 Å². The summed E-state index contributed by atoms with van der Waals surface area (Å²) < 4.78 is 0. The van der Waals surface area contributed by atoms with Crippen LogP contribution in [0.5, 0.6) is 0 Å². The monoisotopic (exact) mass is 208 g/mol. The summed E-state index contributed by atoms with van der Waals surface area (Å²) in [6.45, 7) is 7.92. The predicted molar refractivity (Wildman–Crippen MR) is 59.3 cm³/mol. The highest BCUT2D eigenvalue weighted by molar-refractivity contribution is 5.87. The molecule has 0 atom stereocenters. The number of hydrogen-bond acceptors (Lipinski definition) is 3. The van der Waals surface area contributed by atoms with Crippen molar-refractivity contribution in [3.63, 3.8) is 0 Å². The summed E-state index contributed by atoms with van der Waals surface area (Å²) in [6.07, 6.45) is 1.36. The number of hydrogen-bond donors (Lipinski definition) is 2. The van der Waals surface area contributed by atoms with Crippen molar-refractivity contribution in [1.82, 2.24) is 4.98 Å².